The summed E-state index contributed by atoms with van der Waals surface area (Å²) in [5.74, 6) is -0.301. The van der Waals surface area contributed by atoms with Crippen molar-refractivity contribution in [2.75, 3.05) is 6.54 Å². The van der Waals surface area contributed by atoms with Crippen molar-refractivity contribution >= 4 is 51.2 Å². The van der Waals surface area contributed by atoms with Gasteiger partial charge in [0, 0.05) is 6.54 Å². The highest BCUT2D eigenvalue weighted by atomic mass is 79.9. The molecule has 3 rings (SSSR count). The Hall–Kier alpha value is -2.77. The van der Waals surface area contributed by atoms with Gasteiger partial charge >= 0.3 is 0 Å². The molecule has 1 saturated heterocycles. The largest absolute Gasteiger partial charge is 0.488 e. The first-order chi connectivity index (χ1) is 13.5. The standard InChI is InChI=1S/C21H17BrN2O3S/c1-2-10-24-20(26)16(19(25)23-21(24)28)11-15-8-9-18(17(22)12-15)27-13-14-6-4-3-5-7-14/h2-9,11-12H,1,10,13H2,(H,23,25,28)/b16-11+. The number of carbonyl (C=O) groups excluding carboxylic acids is 2. The van der Waals surface area contributed by atoms with Gasteiger partial charge in [-0.25, -0.2) is 0 Å². The first-order valence-corrected chi connectivity index (χ1v) is 9.65. The molecule has 1 N–H and O–H groups in total. The van der Waals surface area contributed by atoms with Crippen LogP contribution in [-0.2, 0) is 16.2 Å². The molecular formula is C21H17BrN2O3S. The van der Waals surface area contributed by atoms with Gasteiger partial charge in [0.1, 0.15) is 17.9 Å². The number of thiocarbonyl (C=S) groups is 1. The van der Waals surface area contributed by atoms with Gasteiger partial charge < -0.3 is 4.74 Å². The minimum Gasteiger partial charge on any atom is -0.488 e. The molecule has 142 valence electrons. The maximum atomic E-state index is 12.6. The summed E-state index contributed by atoms with van der Waals surface area (Å²) in [5, 5.41) is 2.61. The highest BCUT2D eigenvalue weighted by Crippen LogP contribution is 2.28. The molecule has 28 heavy (non-hydrogen) atoms. The van der Waals surface area contributed by atoms with E-state index in [2.05, 4.69) is 27.8 Å². The zero-order valence-corrected chi connectivity index (χ0v) is 17.3. The number of hydrogen-bond donors (Lipinski definition) is 1. The fourth-order valence-corrected chi connectivity index (χ4v) is 3.38. The fraction of sp³-hybridized carbons (Fsp3) is 0.0952. The Bertz CT molecular complexity index is 973. The molecule has 1 aliphatic rings. The van der Waals surface area contributed by atoms with Crippen LogP contribution in [0.2, 0.25) is 0 Å². The molecule has 2 amide bonds. The lowest BCUT2D eigenvalue weighted by Gasteiger charge is -2.27. The topological polar surface area (TPSA) is 58.6 Å². The number of rotatable bonds is 6. The van der Waals surface area contributed by atoms with Gasteiger partial charge in [0.2, 0.25) is 0 Å². The van der Waals surface area contributed by atoms with Gasteiger partial charge in [0.15, 0.2) is 5.11 Å². The van der Waals surface area contributed by atoms with Crippen molar-refractivity contribution in [2.45, 2.75) is 6.61 Å². The van der Waals surface area contributed by atoms with Crippen LogP contribution in [0.1, 0.15) is 11.1 Å². The van der Waals surface area contributed by atoms with Gasteiger partial charge in [-0.1, -0.05) is 42.5 Å². The van der Waals surface area contributed by atoms with E-state index in [-0.39, 0.29) is 17.2 Å². The summed E-state index contributed by atoms with van der Waals surface area (Å²) in [4.78, 5) is 26.1. The van der Waals surface area contributed by atoms with Crippen molar-refractivity contribution in [3.05, 3.63) is 82.4 Å². The number of hydrogen-bond acceptors (Lipinski definition) is 4. The van der Waals surface area contributed by atoms with Crippen LogP contribution in [0, 0.1) is 0 Å². The first-order valence-electron chi connectivity index (χ1n) is 8.45. The molecule has 1 aliphatic heterocycles. The molecule has 1 heterocycles. The van der Waals surface area contributed by atoms with E-state index in [0.717, 1.165) is 10.0 Å². The van der Waals surface area contributed by atoms with Crippen molar-refractivity contribution in [1.29, 1.82) is 0 Å². The molecule has 2 aromatic rings. The smallest absolute Gasteiger partial charge is 0.265 e. The molecule has 0 bridgehead atoms. The summed E-state index contributed by atoms with van der Waals surface area (Å²) < 4.78 is 6.55. The summed E-state index contributed by atoms with van der Waals surface area (Å²) in [6.45, 7) is 4.27. The second-order valence-corrected chi connectivity index (χ2v) is 7.23. The third kappa shape index (κ3) is 4.55. The zero-order valence-electron chi connectivity index (χ0n) is 14.9. The van der Waals surface area contributed by atoms with Crippen LogP contribution >= 0.6 is 28.1 Å². The average molecular weight is 457 g/mol. The number of carbonyl (C=O) groups is 2. The molecule has 7 heteroatoms. The molecule has 0 spiro atoms. The predicted octanol–water partition coefficient (Wildman–Crippen LogP) is 3.84. The monoisotopic (exact) mass is 456 g/mol. The Morgan fingerprint density at radius 1 is 1.18 bits per heavy atom. The van der Waals surface area contributed by atoms with Crippen molar-refractivity contribution in [3.8, 4) is 5.75 Å². The van der Waals surface area contributed by atoms with E-state index in [1.54, 1.807) is 24.3 Å². The molecule has 0 aliphatic carbocycles. The normalized spacial score (nSPS) is 15.5. The lowest BCUT2D eigenvalue weighted by Crippen LogP contribution is -2.53. The average Bonchev–Trinajstić information content (AvgIpc) is 2.68. The quantitative estimate of drug-likeness (QED) is 0.310. The molecule has 0 atom stereocenters. The van der Waals surface area contributed by atoms with Gasteiger partial charge in [-0.05, 0) is 57.5 Å². The molecule has 0 radical (unpaired) electrons. The molecule has 0 aromatic heterocycles. The predicted molar refractivity (Wildman–Crippen MR) is 116 cm³/mol. The van der Waals surface area contributed by atoms with Crippen molar-refractivity contribution in [3.63, 3.8) is 0 Å². The molecule has 2 aromatic carbocycles. The Balaban J connectivity index is 1.79. The number of amides is 2. The van der Waals surface area contributed by atoms with Crippen LogP contribution in [-0.4, -0.2) is 28.4 Å². The minimum atomic E-state index is -0.518. The maximum absolute atomic E-state index is 12.6. The number of benzene rings is 2. The number of halogens is 1. The van der Waals surface area contributed by atoms with Crippen molar-refractivity contribution in [1.82, 2.24) is 10.2 Å². The van der Waals surface area contributed by atoms with Crippen molar-refractivity contribution in [2.24, 2.45) is 0 Å². The van der Waals surface area contributed by atoms with Gasteiger partial charge in [-0.3, -0.25) is 19.8 Å². The highest BCUT2D eigenvalue weighted by Gasteiger charge is 2.32. The van der Waals surface area contributed by atoms with Crippen LogP contribution in [0.5, 0.6) is 5.75 Å². The molecule has 5 nitrogen and oxygen atoms in total. The summed E-state index contributed by atoms with van der Waals surface area (Å²) in [6, 6.07) is 15.2. The van der Waals surface area contributed by atoms with E-state index in [4.69, 9.17) is 17.0 Å². The second-order valence-electron chi connectivity index (χ2n) is 5.99. The SMILES string of the molecule is C=CCN1C(=O)/C(=C/c2ccc(OCc3ccccc3)c(Br)c2)C(=O)NC1=S. The molecule has 0 saturated carbocycles. The summed E-state index contributed by atoms with van der Waals surface area (Å²) in [6.07, 6.45) is 3.08. The number of nitrogens with one attached hydrogen (secondary N) is 1. The Kier molecular flexibility index (Phi) is 6.38. The van der Waals surface area contributed by atoms with Crippen LogP contribution in [0.15, 0.2) is 71.2 Å². The lowest BCUT2D eigenvalue weighted by atomic mass is 10.1. The number of ether oxygens (including phenoxy) is 1. The first kappa shape index (κ1) is 20.0. The number of nitrogens with zero attached hydrogens (tertiary/aromatic N) is 1. The maximum Gasteiger partial charge on any atom is 0.265 e. The van der Waals surface area contributed by atoms with E-state index in [9.17, 15) is 9.59 Å². The summed E-state index contributed by atoms with van der Waals surface area (Å²) in [5.41, 5.74) is 1.76. The summed E-state index contributed by atoms with van der Waals surface area (Å²) in [7, 11) is 0. The van der Waals surface area contributed by atoms with E-state index >= 15 is 0 Å². The lowest BCUT2D eigenvalue weighted by molar-refractivity contribution is -0.128. The Morgan fingerprint density at radius 2 is 1.93 bits per heavy atom. The molecule has 0 unspecified atom stereocenters. The Labute approximate surface area is 176 Å². The third-order valence-electron chi connectivity index (χ3n) is 4.00. The van der Waals surface area contributed by atoms with E-state index in [1.165, 1.54) is 11.0 Å². The third-order valence-corrected chi connectivity index (χ3v) is 4.94. The molecule has 1 fully saturated rings. The molecular weight excluding hydrogens is 440 g/mol. The van der Waals surface area contributed by atoms with Gasteiger partial charge in [0.25, 0.3) is 11.8 Å². The Morgan fingerprint density at radius 3 is 2.61 bits per heavy atom. The fourth-order valence-electron chi connectivity index (χ4n) is 2.61. The van der Waals surface area contributed by atoms with Crippen LogP contribution in [0.3, 0.4) is 0 Å². The van der Waals surface area contributed by atoms with Crippen LogP contribution in [0.25, 0.3) is 6.08 Å². The van der Waals surface area contributed by atoms with Gasteiger partial charge in [-0.15, -0.1) is 6.58 Å². The van der Waals surface area contributed by atoms with Crippen LogP contribution < -0.4 is 10.1 Å². The zero-order chi connectivity index (χ0) is 20.1. The van der Waals surface area contributed by atoms with E-state index < -0.39 is 11.8 Å². The van der Waals surface area contributed by atoms with E-state index in [1.807, 2.05) is 30.3 Å². The summed E-state index contributed by atoms with van der Waals surface area (Å²) >= 11 is 8.52. The van der Waals surface area contributed by atoms with Gasteiger partial charge in [-0.2, -0.15) is 0 Å². The van der Waals surface area contributed by atoms with Crippen LogP contribution in [0.4, 0.5) is 0 Å². The van der Waals surface area contributed by atoms with Gasteiger partial charge in [0.05, 0.1) is 4.47 Å². The highest BCUT2D eigenvalue weighted by molar-refractivity contribution is 9.10. The minimum absolute atomic E-state index is 0.0142. The second kappa shape index (κ2) is 8.95. The van der Waals surface area contributed by atoms with Crippen molar-refractivity contribution < 1.29 is 14.3 Å². The van der Waals surface area contributed by atoms with E-state index in [0.29, 0.717) is 17.9 Å².